The molecule has 2 amide bonds. The Bertz CT molecular complexity index is 1160. The van der Waals surface area contributed by atoms with Gasteiger partial charge in [0.15, 0.2) is 5.58 Å². The zero-order valence-electron chi connectivity index (χ0n) is 13.7. The van der Waals surface area contributed by atoms with Crippen molar-refractivity contribution < 1.29 is 18.9 Å². The summed E-state index contributed by atoms with van der Waals surface area (Å²) in [7, 11) is 0. The lowest BCUT2D eigenvalue weighted by Gasteiger charge is -2.29. The first kappa shape index (κ1) is 16.5. The van der Waals surface area contributed by atoms with Crippen LogP contribution in [0.2, 0.25) is 0 Å². The molecule has 0 radical (unpaired) electrons. The SMILES string of the molecule is O=C1CN(C(=O)Cn2c(=O)oc3cc([N+](=O)[O-])ccc32)c2ccccc2N1. The second-order valence-electron chi connectivity index (χ2n) is 5.91. The van der Waals surface area contributed by atoms with E-state index in [4.69, 9.17) is 4.42 Å². The number of non-ortho nitro benzene ring substituents is 1. The molecular weight excluding hydrogens is 356 g/mol. The summed E-state index contributed by atoms with van der Waals surface area (Å²) >= 11 is 0. The van der Waals surface area contributed by atoms with Gasteiger partial charge in [-0.3, -0.25) is 29.2 Å². The fraction of sp³-hybridized carbons (Fsp3) is 0.118. The highest BCUT2D eigenvalue weighted by Crippen LogP contribution is 2.29. The number of benzene rings is 2. The van der Waals surface area contributed by atoms with E-state index < -0.39 is 16.6 Å². The highest BCUT2D eigenvalue weighted by Gasteiger charge is 2.27. The molecule has 27 heavy (non-hydrogen) atoms. The Morgan fingerprint density at radius 2 is 2.00 bits per heavy atom. The predicted molar refractivity (Wildman–Crippen MR) is 94.6 cm³/mol. The maximum Gasteiger partial charge on any atom is 0.420 e. The topological polar surface area (TPSA) is 128 Å². The lowest BCUT2D eigenvalue weighted by Crippen LogP contribution is -2.44. The first-order valence-electron chi connectivity index (χ1n) is 7.91. The van der Waals surface area contributed by atoms with E-state index in [1.807, 2.05) is 0 Å². The number of nitrogens with zero attached hydrogens (tertiary/aromatic N) is 3. The van der Waals surface area contributed by atoms with Gasteiger partial charge in [0, 0.05) is 6.07 Å². The molecular formula is C17H12N4O6. The van der Waals surface area contributed by atoms with Crippen molar-refractivity contribution in [2.45, 2.75) is 6.54 Å². The van der Waals surface area contributed by atoms with Gasteiger partial charge in [-0.15, -0.1) is 0 Å². The van der Waals surface area contributed by atoms with Crippen molar-refractivity contribution >= 4 is 40.0 Å². The number of carbonyl (C=O) groups is 2. The molecule has 1 N–H and O–H groups in total. The van der Waals surface area contributed by atoms with E-state index in [0.717, 1.165) is 10.6 Å². The molecule has 0 bridgehead atoms. The summed E-state index contributed by atoms with van der Waals surface area (Å²) in [6, 6.07) is 10.5. The Labute approximate surface area is 150 Å². The average molecular weight is 368 g/mol. The van der Waals surface area contributed by atoms with Crippen molar-refractivity contribution in [1.82, 2.24) is 4.57 Å². The minimum absolute atomic E-state index is 0.0128. The van der Waals surface area contributed by atoms with Crippen molar-refractivity contribution in [2.24, 2.45) is 0 Å². The van der Waals surface area contributed by atoms with Crippen molar-refractivity contribution in [3.8, 4) is 0 Å². The third-order valence-corrected chi connectivity index (χ3v) is 4.23. The Hall–Kier alpha value is -3.95. The van der Waals surface area contributed by atoms with E-state index in [-0.39, 0.29) is 35.8 Å². The van der Waals surface area contributed by atoms with Crippen LogP contribution in [0.4, 0.5) is 17.1 Å². The number of hydrogen-bond donors (Lipinski definition) is 1. The molecule has 1 aromatic heterocycles. The molecule has 1 aliphatic rings. The third-order valence-electron chi connectivity index (χ3n) is 4.23. The van der Waals surface area contributed by atoms with Gasteiger partial charge < -0.3 is 9.73 Å². The number of nitro groups is 1. The lowest BCUT2D eigenvalue weighted by atomic mass is 10.2. The van der Waals surface area contributed by atoms with Crippen LogP contribution >= 0.6 is 0 Å². The van der Waals surface area contributed by atoms with Crippen LogP contribution in [-0.2, 0) is 16.1 Å². The summed E-state index contributed by atoms with van der Waals surface area (Å²) in [5.41, 5.74) is 1.07. The van der Waals surface area contributed by atoms with E-state index in [9.17, 15) is 24.5 Å². The van der Waals surface area contributed by atoms with Gasteiger partial charge in [0.1, 0.15) is 13.1 Å². The third kappa shape index (κ3) is 2.82. The lowest BCUT2D eigenvalue weighted by molar-refractivity contribution is -0.384. The standard InChI is InChI=1S/C17H12N4O6/c22-15-8-19(12-4-2-1-3-11(12)18-15)16(23)9-20-13-6-5-10(21(25)26)7-14(13)27-17(20)24/h1-7H,8-9H2,(H,18,22). The van der Waals surface area contributed by atoms with Crippen molar-refractivity contribution in [3.63, 3.8) is 0 Å². The van der Waals surface area contributed by atoms with Crippen molar-refractivity contribution in [3.05, 3.63) is 63.1 Å². The molecule has 136 valence electrons. The van der Waals surface area contributed by atoms with Crippen molar-refractivity contribution in [1.29, 1.82) is 0 Å². The van der Waals surface area contributed by atoms with Gasteiger partial charge in [0.2, 0.25) is 11.8 Å². The minimum Gasteiger partial charge on any atom is -0.407 e. The summed E-state index contributed by atoms with van der Waals surface area (Å²) in [6.45, 7) is -0.545. The molecule has 2 aromatic carbocycles. The fourth-order valence-corrected chi connectivity index (χ4v) is 2.99. The van der Waals surface area contributed by atoms with Gasteiger partial charge in [0.25, 0.3) is 5.69 Å². The molecule has 1 aliphatic heterocycles. The smallest absolute Gasteiger partial charge is 0.407 e. The summed E-state index contributed by atoms with van der Waals surface area (Å²) in [6.07, 6.45) is 0. The zero-order chi connectivity index (χ0) is 19.1. The maximum atomic E-state index is 12.8. The zero-order valence-corrected chi connectivity index (χ0v) is 13.7. The van der Waals surface area contributed by atoms with Crippen LogP contribution < -0.4 is 16.0 Å². The van der Waals surface area contributed by atoms with Crippen LogP contribution in [0.15, 0.2) is 51.7 Å². The molecule has 3 aromatic rings. The number of oxazole rings is 1. The maximum absolute atomic E-state index is 12.8. The van der Waals surface area contributed by atoms with Crippen LogP contribution in [-0.4, -0.2) is 27.8 Å². The van der Waals surface area contributed by atoms with Crippen LogP contribution in [0.5, 0.6) is 0 Å². The normalized spacial score (nSPS) is 13.3. The minimum atomic E-state index is -0.811. The summed E-state index contributed by atoms with van der Waals surface area (Å²) in [5, 5.41) is 13.5. The Balaban J connectivity index is 1.70. The Morgan fingerprint density at radius 3 is 2.78 bits per heavy atom. The molecule has 0 atom stereocenters. The quantitative estimate of drug-likeness (QED) is 0.551. The number of hydrogen-bond acceptors (Lipinski definition) is 6. The summed E-state index contributed by atoms with van der Waals surface area (Å²) < 4.78 is 6.10. The van der Waals surface area contributed by atoms with Crippen LogP contribution in [0.25, 0.3) is 11.1 Å². The summed E-state index contributed by atoms with van der Waals surface area (Å²) in [5.74, 6) is -1.64. The first-order valence-corrected chi connectivity index (χ1v) is 7.91. The highest BCUT2D eigenvalue weighted by molar-refractivity contribution is 6.09. The van der Waals surface area contributed by atoms with E-state index >= 15 is 0 Å². The number of carbonyl (C=O) groups excluding carboxylic acids is 2. The molecule has 10 heteroatoms. The van der Waals surface area contributed by atoms with E-state index in [1.54, 1.807) is 24.3 Å². The first-order chi connectivity index (χ1) is 12.9. The number of nitrogens with one attached hydrogen (secondary N) is 1. The largest absolute Gasteiger partial charge is 0.420 e. The average Bonchev–Trinajstić information content (AvgIpc) is 2.95. The fourth-order valence-electron chi connectivity index (χ4n) is 2.99. The van der Waals surface area contributed by atoms with E-state index in [0.29, 0.717) is 11.4 Å². The van der Waals surface area contributed by atoms with Gasteiger partial charge in [-0.2, -0.15) is 0 Å². The van der Waals surface area contributed by atoms with Crippen LogP contribution in [0.1, 0.15) is 0 Å². The van der Waals surface area contributed by atoms with Crippen LogP contribution in [0, 0.1) is 10.1 Å². The highest BCUT2D eigenvalue weighted by atomic mass is 16.6. The number of anilines is 2. The molecule has 0 saturated heterocycles. The van der Waals surface area contributed by atoms with Crippen LogP contribution in [0.3, 0.4) is 0 Å². The second-order valence-corrected chi connectivity index (χ2v) is 5.91. The number of nitro benzene ring substituents is 1. The second kappa shape index (κ2) is 6.09. The van der Waals surface area contributed by atoms with Gasteiger partial charge in [0.05, 0.1) is 27.9 Å². The molecule has 0 spiro atoms. The van der Waals surface area contributed by atoms with Gasteiger partial charge in [-0.1, -0.05) is 12.1 Å². The predicted octanol–water partition coefficient (Wildman–Crippen LogP) is 1.49. The number of fused-ring (bicyclic) bond motifs is 2. The number of para-hydroxylation sites is 2. The number of rotatable bonds is 3. The summed E-state index contributed by atoms with van der Waals surface area (Å²) in [4.78, 5) is 48.3. The molecule has 2 heterocycles. The van der Waals surface area contributed by atoms with Gasteiger partial charge >= 0.3 is 5.76 Å². The monoisotopic (exact) mass is 368 g/mol. The molecule has 4 rings (SSSR count). The van der Waals surface area contributed by atoms with E-state index in [2.05, 4.69) is 5.32 Å². The van der Waals surface area contributed by atoms with Gasteiger partial charge in [-0.05, 0) is 18.2 Å². The van der Waals surface area contributed by atoms with Gasteiger partial charge in [-0.25, -0.2) is 4.79 Å². The number of amides is 2. The molecule has 0 aliphatic carbocycles. The van der Waals surface area contributed by atoms with Crippen molar-refractivity contribution in [2.75, 3.05) is 16.8 Å². The molecule has 0 saturated carbocycles. The Kier molecular flexibility index (Phi) is 3.73. The van der Waals surface area contributed by atoms with E-state index in [1.165, 1.54) is 17.0 Å². The molecule has 10 nitrogen and oxygen atoms in total. The molecule has 0 fully saturated rings. The Morgan fingerprint density at radius 1 is 1.22 bits per heavy atom. The molecule has 0 unspecified atom stereocenters. The number of aromatic nitrogens is 1.